The first-order chi connectivity index (χ1) is 11.4. The normalized spacial score (nSPS) is 11.9. The van der Waals surface area contributed by atoms with E-state index in [2.05, 4.69) is 15.0 Å². The molecular formula is C14H20ClIN4O2S3. The quantitative estimate of drug-likeness (QED) is 0.248. The van der Waals surface area contributed by atoms with Gasteiger partial charge in [0.25, 0.3) is 0 Å². The SMILES string of the molecule is CN=C(NCCNS(=O)(=O)c1cccs1)N(C)Cc1ccc(Cl)s1.I. The Morgan fingerprint density at radius 1 is 1.32 bits per heavy atom. The van der Waals surface area contributed by atoms with Gasteiger partial charge in [0.1, 0.15) is 4.21 Å². The number of guanidine groups is 1. The molecule has 0 aliphatic heterocycles. The van der Waals surface area contributed by atoms with Crippen LogP contribution in [-0.2, 0) is 16.6 Å². The number of nitrogens with one attached hydrogen (secondary N) is 2. The van der Waals surface area contributed by atoms with E-state index in [4.69, 9.17) is 11.6 Å². The highest BCUT2D eigenvalue weighted by atomic mass is 127. The van der Waals surface area contributed by atoms with Crippen LogP contribution in [0.25, 0.3) is 0 Å². The molecule has 2 aromatic rings. The molecule has 0 unspecified atom stereocenters. The number of halogens is 2. The van der Waals surface area contributed by atoms with Gasteiger partial charge >= 0.3 is 0 Å². The molecule has 0 aliphatic rings. The number of aliphatic imine (C=N–C) groups is 1. The summed E-state index contributed by atoms with van der Waals surface area (Å²) >= 11 is 8.65. The predicted molar refractivity (Wildman–Crippen MR) is 117 cm³/mol. The fraction of sp³-hybridized carbons (Fsp3) is 0.357. The predicted octanol–water partition coefficient (Wildman–Crippen LogP) is 3.07. The Labute approximate surface area is 178 Å². The average molecular weight is 535 g/mol. The van der Waals surface area contributed by atoms with Crippen LogP contribution in [0.15, 0.2) is 38.8 Å². The lowest BCUT2D eigenvalue weighted by Gasteiger charge is -2.21. The van der Waals surface area contributed by atoms with Crippen LogP contribution in [0.2, 0.25) is 4.34 Å². The van der Waals surface area contributed by atoms with Crippen LogP contribution < -0.4 is 10.0 Å². The Bertz CT molecular complexity index is 778. The molecule has 25 heavy (non-hydrogen) atoms. The summed E-state index contributed by atoms with van der Waals surface area (Å²) in [6.07, 6.45) is 0. The summed E-state index contributed by atoms with van der Waals surface area (Å²) in [6.45, 7) is 1.39. The van der Waals surface area contributed by atoms with Crippen molar-refractivity contribution in [3.63, 3.8) is 0 Å². The number of hydrogen-bond donors (Lipinski definition) is 2. The van der Waals surface area contributed by atoms with Crippen molar-refractivity contribution in [3.05, 3.63) is 38.9 Å². The number of nitrogens with zero attached hydrogens (tertiary/aromatic N) is 2. The molecule has 0 atom stereocenters. The number of rotatable bonds is 7. The fourth-order valence-corrected chi connectivity index (χ4v) is 5.19. The third-order valence-corrected chi connectivity index (χ3v) is 7.13. The van der Waals surface area contributed by atoms with Crippen LogP contribution in [0.5, 0.6) is 0 Å². The lowest BCUT2D eigenvalue weighted by atomic mass is 10.4. The van der Waals surface area contributed by atoms with Gasteiger partial charge < -0.3 is 10.2 Å². The van der Waals surface area contributed by atoms with Crippen molar-refractivity contribution in [3.8, 4) is 0 Å². The molecule has 11 heteroatoms. The molecule has 0 aliphatic carbocycles. The zero-order valence-corrected chi connectivity index (χ0v) is 19.3. The lowest BCUT2D eigenvalue weighted by molar-refractivity contribution is 0.481. The van der Waals surface area contributed by atoms with E-state index < -0.39 is 10.0 Å². The molecule has 0 aromatic carbocycles. The van der Waals surface area contributed by atoms with Gasteiger partial charge in [-0.3, -0.25) is 4.99 Å². The molecular weight excluding hydrogens is 515 g/mol. The molecule has 0 saturated heterocycles. The second-order valence-electron chi connectivity index (χ2n) is 4.87. The molecule has 6 nitrogen and oxygen atoms in total. The Kier molecular flexibility index (Phi) is 9.67. The molecule has 0 saturated carbocycles. The Hall–Kier alpha value is -0.400. The molecule has 0 fully saturated rings. The van der Waals surface area contributed by atoms with E-state index in [1.807, 2.05) is 24.1 Å². The van der Waals surface area contributed by atoms with Crippen molar-refractivity contribution in [2.75, 3.05) is 27.2 Å². The summed E-state index contributed by atoms with van der Waals surface area (Å²) in [6, 6.07) is 7.14. The summed E-state index contributed by atoms with van der Waals surface area (Å²) < 4.78 is 27.6. The zero-order chi connectivity index (χ0) is 17.6. The van der Waals surface area contributed by atoms with Crippen LogP contribution in [-0.4, -0.2) is 46.5 Å². The van der Waals surface area contributed by atoms with Gasteiger partial charge in [-0.1, -0.05) is 17.7 Å². The lowest BCUT2D eigenvalue weighted by Crippen LogP contribution is -2.42. The second kappa shape index (κ2) is 10.7. The van der Waals surface area contributed by atoms with Gasteiger partial charge in [0.2, 0.25) is 10.0 Å². The zero-order valence-electron chi connectivity index (χ0n) is 13.7. The van der Waals surface area contributed by atoms with Crippen LogP contribution in [0.3, 0.4) is 0 Å². The van der Waals surface area contributed by atoms with Crippen LogP contribution in [0.1, 0.15) is 4.88 Å². The highest BCUT2D eigenvalue weighted by molar-refractivity contribution is 14.0. The summed E-state index contributed by atoms with van der Waals surface area (Å²) in [7, 11) is 0.180. The Morgan fingerprint density at radius 2 is 2.08 bits per heavy atom. The van der Waals surface area contributed by atoms with Crippen LogP contribution >= 0.6 is 58.3 Å². The van der Waals surface area contributed by atoms with Crippen molar-refractivity contribution in [1.29, 1.82) is 0 Å². The largest absolute Gasteiger partial charge is 0.355 e. The van der Waals surface area contributed by atoms with Crippen molar-refractivity contribution in [2.45, 2.75) is 10.8 Å². The number of sulfonamides is 1. The molecule has 0 amide bonds. The van der Waals surface area contributed by atoms with E-state index in [1.54, 1.807) is 24.6 Å². The molecule has 2 rings (SSSR count). The highest BCUT2D eigenvalue weighted by Gasteiger charge is 2.14. The molecule has 0 bridgehead atoms. The summed E-state index contributed by atoms with van der Waals surface area (Å²) in [5.74, 6) is 0.690. The fourth-order valence-electron chi connectivity index (χ4n) is 1.98. The molecule has 2 heterocycles. The molecule has 2 N–H and O–H groups in total. The highest BCUT2D eigenvalue weighted by Crippen LogP contribution is 2.22. The Morgan fingerprint density at radius 3 is 2.64 bits per heavy atom. The maximum atomic E-state index is 12.0. The Balaban J connectivity index is 0.00000312. The molecule has 2 aromatic heterocycles. The third-order valence-electron chi connectivity index (χ3n) is 3.06. The van der Waals surface area contributed by atoms with E-state index in [1.165, 1.54) is 22.7 Å². The monoisotopic (exact) mass is 534 g/mol. The van der Waals surface area contributed by atoms with E-state index >= 15 is 0 Å². The number of hydrogen-bond acceptors (Lipinski definition) is 5. The van der Waals surface area contributed by atoms with Crippen molar-refractivity contribution in [2.24, 2.45) is 4.99 Å². The van der Waals surface area contributed by atoms with Gasteiger partial charge in [-0.15, -0.1) is 46.7 Å². The van der Waals surface area contributed by atoms with Gasteiger partial charge in [-0.05, 0) is 23.6 Å². The summed E-state index contributed by atoms with van der Waals surface area (Å²) in [5.41, 5.74) is 0. The molecule has 0 spiro atoms. The standard InChI is InChI=1S/C14H19ClN4O2S3.HI/c1-16-14(19(2)10-11-5-6-12(15)23-11)17-7-8-18-24(20,21)13-4-3-9-22-13;/h3-6,9,18H,7-8,10H2,1-2H3,(H,16,17);1H. The summed E-state index contributed by atoms with van der Waals surface area (Å²) in [5, 5.41) is 4.87. The number of thiophene rings is 2. The van der Waals surface area contributed by atoms with Gasteiger partial charge in [0.15, 0.2) is 5.96 Å². The van der Waals surface area contributed by atoms with E-state index in [0.29, 0.717) is 23.3 Å². The second-order valence-corrected chi connectivity index (χ2v) is 9.61. The van der Waals surface area contributed by atoms with Gasteiger partial charge in [0, 0.05) is 32.1 Å². The first kappa shape index (κ1) is 22.6. The van der Waals surface area contributed by atoms with Crippen LogP contribution in [0, 0.1) is 0 Å². The topological polar surface area (TPSA) is 73.8 Å². The van der Waals surface area contributed by atoms with Crippen molar-refractivity contribution >= 4 is 74.2 Å². The van der Waals surface area contributed by atoms with Gasteiger partial charge in [-0.2, -0.15) is 0 Å². The van der Waals surface area contributed by atoms with Crippen molar-refractivity contribution in [1.82, 2.24) is 14.9 Å². The smallest absolute Gasteiger partial charge is 0.250 e. The minimum atomic E-state index is -3.43. The molecule has 140 valence electrons. The first-order valence-corrected chi connectivity index (χ1v) is 10.7. The van der Waals surface area contributed by atoms with Gasteiger partial charge in [-0.25, -0.2) is 13.1 Å². The van der Waals surface area contributed by atoms with Gasteiger partial charge in [0.05, 0.1) is 10.9 Å². The maximum absolute atomic E-state index is 12.0. The minimum Gasteiger partial charge on any atom is -0.355 e. The van der Waals surface area contributed by atoms with E-state index in [9.17, 15) is 8.42 Å². The van der Waals surface area contributed by atoms with E-state index in [0.717, 1.165) is 9.21 Å². The molecule has 0 radical (unpaired) electrons. The maximum Gasteiger partial charge on any atom is 0.250 e. The first-order valence-electron chi connectivity index (χ1n) is 7.11. The average Bonchev–Trinajstić information content (AvgIpc) is 3.19. The third kappa shape index (κ3) is 7.02. The minimum absolute atomic E-state index is 0. The summed E-state index contributed by atoms with van der Waals surface area (Å²) in [4.78, 5) is 7.29. The van der Waals surface area contributed by atoms with Crippen molar-refractivity contribution < 1.29 is 8.42 Å². The van der Waals surface area contributed by atoms with Crippen LogP contribution in [0.4, 0.5) is 0 Å². The van der Waals surface area contributed by atoms with E-state index in [-0.39, 0.29) is 30.5 Å².